The molecule has 1 saturated heterocycles. The van der Waals surface area contributed by atoms with Crippen molar-refractivity contribution in [3.05, 3.63) is 96.1 Å². The maximum absolute atomic E-state index is 14.0. The second kappa shape index (κ2) is 9.83. The average molecular weight is 512 g/mol. The van der Waals surface area contributed by atoms with Gasteiger partial charge in [0.1, 0.15) is 17.5 Å². The van der Waals surface area contributed by atoms with E-state index in [1.54, 1.807) is 24.3 Å². The Labute approximate surface area is 219 Å². The Morgan fingerprint density at radius 1 is 0.816 bits per heavy atom. The topological polar surface area (TPSA) is 76.1 Å². The van der Waals surface area contributed by atoms with Crippen LogP contribution in [0.25, 0.3) is 28.0 Å². The van der Waals surface area contributed by atoms with Crippen LogP contribution in [0.1, 0.15) is 18.5 Å². The largest absolute Gasteiger partial charge is 0.383 e. The van der Waals surface area contributed by atoms with Crippen LogP contribution in [0.3, 0.4) is 0 Å². The van der Waals surface area contributed by atoms with Gasteiger partial charge in [-0.05, 0) is 55.0 Å². The molecule has 1 atom stereocenters. The van der Waals surface area contributed by atoms with Crippen LogP contribution in [0.15, 0.2) is 78.9 Å². The highest BCUT2D eigenvalue weighted by Crippen LogP contribution is 2.34. The van der Waals surface area contributed by atoms with E-state index in [0.29, 0.717) is 40.0 Å². The summed E-state index contributed by atoms with van der Waals surface area (Å²) in [6.45, 7) is 5.41. The molecule has 1 fully saturated rings. The van der Waals surface area contributed by atoms with Crippen LogP contribution >= 0.6 is 0 Å². The Morgan fingerprint density at radius 3 is 2.26 bits per heavy atom. The van der Waals surface area contributed by atoms with Crippen molar-refractivity contribution >= 4 is 22.8 Å². The number of piperazine rings is 1. The van der Waals surface area contributed by atoms with E-state index < -0.39 is 5.82 Å². The second-order valence-corrected chi connectivity index (χ2v) is 9.46. The van der Waals surface area contributed by atoms with Gasteiger partial charge in [0, 0.05) is 37.8 Å². The number of hydrogen-bond acceptors (Lipinski definition) is 6. The molecule has 0 aliphatic carbocycles. The maximum atomic E-state index is 14.0. The van der Waals surface area contributed by atoms with E-state index >= 15 is 0 Å². The molecule has 6 rings (SSSR count). The van der Waals surface area contributed by atoms with Gasteiger partial charge in [-0.25, -0.2) is 18.4 Å². The molecule has 1 aliphatic heterocycles. The lowest BCUT2D eigenvalue weighted by atomic mass is 10.1. The predicted molar refractivity (Wildman–Crippen MR) is 145 cm³/mol. The summed E-state index contributed by atoms with van der Waals surface area (Å²) in [5.41, 5.74) is 9.95. The Hall–Kier alpha value is -4.37. The van der Waals surface area contributed by atoms with Crippen molar-refractivity contribution in [3.8, 4) is 16.9 Å². The normalized spacial score (nSPS) is 15.2. The molecule has 1 unspecified atom stereocenters. The molecule has 9 heteroatoms. The Bertz CT molecular complexity index is 1580. The molecule has 2 N–H and O–H groups in total. The lowest BCUT2D eigenvalue weighted by molar-refractivity contribution is 0.198. The first-order chi connectivity index (χ1) is 18.5. The van der Waals surface area contributed by atoms with Gasteiger partial charge in [-0.3, -0.25) is 4.90 Å². The predicted octanol–water partition coefficient (Wildman–Crippen LogP) is 5.23. The number of rotatable bonds is 5. The monoisotopic (exact) mass is 511 g/mol. The maximum Gasteiger partial charge on any atom is 0.228 e. The van der Waals surface area contributed by atoms with Crippen molar-refractivity contribution < 1.29 is 8.78 Å². The highest BCUT2D eigenvalue weighted by Gasteiger charge is 2.26. The zero-order valence-corrected chi connectivity index (χ0v) is 20.9. The minimum absolute atomic E-state index is 0.290. The number of nitrogens with zero attached hydrogens (tertiary/aromatic N) is 6. The van der Waals surface area contributed by atoms with E-state index in [1.165, 1.54) is 34.5 Å². The Balaban J connectivity index is 1.37. The van der Waals surface area contributed by atoms with Crippen molar-refractivity contribution in [1.82, 2.24) is 24.6 Å². The zero-order chi connectivity index (χ0) is 26.2. The van der Waals surface area contributed by atoms with Crippen molar-refractivity contribution in [2.45, 2.75) is 13.0 Å². The van der Waals surface area contributed by atoms with Gasteiger partial charge in [-0.1, -0.05) is 36.4 Å². The first-order valence-corrected chi connectivity index (χ1v) is 12.6. The van der Waals surface area contributed by atoms with E-state index in [0.717, 1.165) is 26.2 Å². The van der Waals surface area contributed by atoms with Crippen molar-refractivity contribution in [3.63, 3.8) is 0 Å². The van der Waals surface area contributed by atoms with Crippen LogP contribution in [0.5, 0.6) is 0 Å². The SMILES string of the molecule is CC(c1ccccc1)N1CCN(c2nc(-c3ccc(F)cc3)c3c(N)n(-c4cccc(F)c4)nc3n2)CC1. The molecule has 2 aromatic heterocycles. The number of nitrogens with two attached hydrogens (primary N) is 1. The number of halogens is 2. The number of anilines is 2. The summed E-state index contributed by atoms with van der Waals surface area (Å²) >= 11 is 0. The van der Waals surface area contributed by atoms with Gasteiger partial charge in [0.25, 0.3) is 0 Å². The summed E-state index contributed by atoms with van der Waals surface area (Å²) in [7, 11) is 0. The van der Waals surface area contributed by atoms with Crippen molar-refractivity contribution in [2.24, 2.45) is 0 Å². The summed E-state index contributed by atoms with van der Waals surface area (Å²) in [6, 6.07) is 22.9. The minimum atomic E-state index is -0.394. The third-order valence-corrected chi connectivity index (χ3v) is 7.15. The molecule has 5 aromatic rings. The molecule has 0 bridgehead atoms. The van der Waals surface area contributed by atoms with Gasteiger partial charge >= 0.3 is 0 Å². The molecule has 0 spiro atoms. The van der Waals surface area contributed by atoms with Crippen molar-refractivity contribution in [1.29, 1.82) is 0 Å². The van der Waals surface area contributed by atoms with E-state index in [2.05, 4.69) is 46.1 Å². The van der Waals surface area contributed by atoms with E-state index in [-0.39, 0.29) is 11.6 Å². The average Bonchev–Trinajstić information content (AvgIpc) is 3.29. The van der Waals surface area contributed by atoms with Gasteiger partial charge in [0.05, 0.1) is 16.8 Å². The molecule has 3 heterocycles. The standard InChI is InChI=1S/C29H27F2N7/c1-19(20-6-3-2-4-7-20)36-14-16-37(17-15-36)29-33-26(21-10-12-22(30)13-11-21)25-27(32)38(35-28(25)34-29)24-9-5-8-23(31)18-24/h2-13,18-19H,14-17,32H2,1H3. The van der Waals surface area contributed by atoms with Crippen LogP contribution in [0, 0.1) is 11.6 Å². The third kappa shape index (κ3) is 4.45. The molecule has 7 nitrogen and oxygen atoms in total. The number of nitrogen functional groups attached to an aromatic ring is 1. The molecule has 3 aromatic carbocycles. The van der Waals surface area contributed by atoms with Crippen LogP contribution in [0.2, 0.25) is 0 Å². The highest BCUT2D eigenvalue weighted by molar-refractivity contribution is 5.99. The lowest BCUT2D eigenvalue weighted by Gasteiger charge is -2.38. The second-order valence-electron chi connectivity index (χ2n) is 9.46. The van der Waals surface area contributed by atoms with Gasteiger partial charge < -0.3 is 10.6 Å². The van der Waals surface area contributed by atoms with Crippen molar-refractivity contribution in [2.75, 3.05) is 36.8 Å². The van der Waals surface area contributed by atoms with E-state index in [1.807, 2.05) is 6.07 Å². The van der Waals surface area contributed by atoms with E-state index in [9.17, 15) is 8.78 Å². The number of hydrogen-bond donors (Lipinski definition) is 1. The number of aromatic nitrogens is 4. The minimum Gasteiger partial charge on any atom is -0.383 e. The Kier molecular flexibility index (Phi) is 6.21. The van der Waals surface area contributed by atoms with Crippen LogP contribution in [-0.4, -0.2) is 50.8 Å². The third-order valence-electron chi connectivity index (χ3n) is 7.15. The highest BCUT2D eigenvalue weighted by atomic mass is 19.1. The van der Waals surface area contributed by atoms with Crippen LogP contribution in [-0.2, 0) is 0 Å². The van der Waals surface area contributed by atoms with Crippen LogP contribution in [0.4, 0.5) is 20.5 Å². The molecule has 0 radical (unpaired) electrons. The first-order valence-electron chi connectivity index (χ1n) is 12.6. The summed E-state index contributed by atoms with van der Waals surface area (Å²) < 4.78 is 29.2. The summed E-state index contributed by atoms with van der Waals surface area (Å²) in [5, 5.41) is 5.17. The molecular weight excluding hydrogens is 484 g/mol. The fourth-order valence-corrected chi connectivity index (χ4v) is 5.01. The van der Waals surface area contributed by atoms with Gasteiger partial charge in [0.2, 0.25) is 5.95 Å². The van der Waals surface area contributed by atoms with Gasteiger partial charge in [0.15, 0.2) is 5.65 Å². The molecule has 192 valence electrons. The number of fused-ring (bicyclic) bond motifs is 1. The molecule has 0 saturated carbocycles. The van der Waals surface area contributed by atoms with Gasteiger partial charge in [-0.2, -0.15) is 4.98 Å². The van der Waals surface area contributed by atoms with Crippen LogP contribution < -0.4 is 10.6 Å². The lowest BCUT2D eigenvalue weighted by Crippen LogP contribution is -2.47. The molecular formula is C29H27F2N7. The molecule has 38 heavy (non-hydrogen) atoms. The summed E-state index contributed by atoms with van der Waals surface area (Å²) in [5.74, 6) is 0.0895. The summed E-state index contributed by atoms with van der Waals surface area (Å²) in [6.07, 6.45) is 0. The number of benzene rings is 3. The first kappa shape index (κ1) is 24.0. The Morgan fingerprint density at radius 2 is 1.55 bits per heavy atom. The zero-order valence-electron chi connectivity index (χ0n) is 20.9. The molecule has 1 aliphatic rings. The fourth-order valence-electron chi connectivity index (χ4n) is 5.01. The van der Waals surface area contributed by atoms with Gasteiger partial charge in [-0.15, -0.1) is 5.10 Å². The quantitative estimate of drug-likeness (QED) is 0.349. The molecule has 0 amide bonds. The summed E-state index contributed by atoms with van der Waals surface area (Å²) in [4.78, 5) is 14.3. The fraction of sp³-hybridized carbons (Fsp3) is 0.207. The van der Waals surface area contributed by atoms with E-state index in [4.69, 9.17) is 15.7 Å². The smallest absolute Gasteiger partial charge is 0.228 e.